The molecule has 0 saturated carbocycles. The first-order valence-corrected chi connectivity index (χ1v) is 4.40. The number of hydrogen-bond acceptors (Lipinski definition) is 4. The summed E-state index contributed by atoms with van der Waals surface area (Å²) in [5.74, 6) is 1.57. The van der Waals surface area contributed by atoms with Gasteiger partial charge in [0.25, 0.3) is 0 Å². The highest BCUT2D eigenvalue weighted by molar-refractivity contribution is 5.96. The number of nitrogens with two attached hydrogens (primary N) is 1. The minimum absolute atomic E-state index is 0.0635. The van der Waals surface area contributed by atoms with Gasteiger partial charge in [-0.3, -0.25) is 4.79 Å². The zero-order valence-electron chi connectivity index (χ0n) is 7.54. The summed E-state index contributed by atoms with van der Waals surface area (Å²) >= 11 is 0. The molecule has 0 amide bonds. The molecular formula is C9H12N2O2. The second kappa shape index (κ2) is 2.96. The Kier molecular flexibility index (Phi) is 1.92. The van der Waals surface area contributed by atoms with Crippen molar-refractivity contribution in [3.8, 4) is 0 Å². The fourth-order valence-electron chi connectivity index (χ4n) is 1.69. The summed E-state index contributed by atoms with van der Waals surface area (Å²) in [6.07, 6.45) is 1.26. The van der Waals surface area contributed by atoms with Crippen LogP contribution in [0.15, 0.2) is 4.42 Å². The van der Waals surface area contributed by atoms with E-state index >= 15 is 0 Å². The van der Waals surface area contributed by atoms with Gasteiger partial charge in [0.15, 0.2) is 11.7 Å². The van der Waals surface area contributed by atoms with Crippen molar-refractivity contribution in [1.29, 1.82) is 0 Å². The maximum atomic E-state index is 11.5. The van der Waals surface area contributed by atoms with Gasteiger partial charge >= 0.3 is 0 Å². The molecule has 4 nitrogen and oxygen atoms in total. The molecule has 0 bridgehead atoms. The molecule has 70 valence electrons. The average molecular weight is 180 g/mol. The van der Waals surface area contributed by atoms with Gasteiger partial charge in [-0.25, -0.2) is 4.98 Å². The highest BCUT2D eigenvalue weighted by Gasteiger charge is 2.28. The van der Waals surface area contributed by atoms with Crippen molar-refractivity contribution < 1.29 is 9.21 Å². The summed E-state index contributed by atoms with van der Waals surface area (Å²) in [6, 6.07) is 0. The van der Waals surface area contributed by atoms with Crippen molar-refractivity contribution in [2.75, 3.05) is 6.54 Å². The van der Waals surface area contributed by atoms with Gasteiger partial charge in [0.1, 0.15) is 11.5 Å². The molecule has 0 radical (unpaired) electrons. The van der Waals surface area contributed by atoms with E-state index < -0.39 is 0 Å². The molecule has 0 aliphatic heterocycles. The summed E-state index contributed by atoms with van der Waals surface area (Å²) in [4.78, 5) is 15.5. The standard InChI is InChI=1S/C9H12N2O2/c1-5-11-9-7(12)2-6(4-10)3-8(9)13-5/h6H,2-4,10H2,1H3. The molecule has 1 atom stereocenters. The lowest BCUT2D eigenvalue weighted by atomic mass is 9.90. The Bertz CT molecular complexity index is 343. The molecule has 0 fully saturated rings. The van der Waals surface area contributed by atoms with E-state index in [9.17, 15) is 4.79 Å². The van der Waals surface area contributed by atoms with Gasteiger partial charge in [0.2, 0.25) is 0 Å². The van der Waals surface area contributed by atoms with E-state index in [0.717, 1.165) is 6.42 Å². The average Bonchev–Trinajstić information content (AvgIpc) is 2.46. The van der Waals surface area contributed by atoms with Crippen molar-refractivity contribution in [1.82, 2.24) is 4.98 Å². The van der Waals surface area contributed by atoms with Crippen molar-refractivity contribution in [3.05, 3.63) is 17.3 Å². The van der Waals surface area contributed by atoms with E-state index in [1.54, 1.807) is 6.92 Å². The van der Waals surface area contributed by atoms with Gasteiger partial charge in [-0.15, -0.1) is 0 Å². The number of aryl methyl sites for hydroxylation is 1. The molecule has 1 unspecified atom stereocenters. The molecule has 0 spiro atoms. The molecule has 1 aromatic rings. The highest BCUT2D eigenvalue weighted by atomic mass is 16.4. The van der Waals surface area contributed by atoms with E-state index in [0.29, 0.717) is 30.3 Å². The number of carbonyl (C=O) groups excluding carboxylic acids is 1. The van der Waals surface area contributed by atoms with Crippen LogP contribution in [0.4, 0.5) is 0 Å². The number of nitrogens with zero attached hydrogens (tertiary/aromatic N) is 1. The van der Waals surface area contributed by atoms with Crippen LogP contribution in [0.2, 0.25) is 0 Å². The first kappa shape index (κ1) is 8.44. The lowest BCUT2D eigenvalue weighted by Gasteiger charge is -2.16. The predicted octanol–water partition coefficient (Wildman–Crippen LogP) is 0.687. The number of carbonyl (C=O) groups is 1. The van der Waals surface area contributed by atoms with Gasteiger partial charge < -0.3 is 10.2 Å². The largest absolute Gasteiger partial charge is 0.445 e. The lowest BCUT2D eigenvalue weighted by molar-refractivity contribution is 0.0941. The van der Waals surface area contributed by atoms with Crippen LogP contribution in [-0.2, 0) is 6.42 Å². The van der Waals surface area contributed by atoms with E-state index in [-0.39, 0.29) is 11.7 Å². The molecule has 4 heteroatoms. The van der Waals surface area contributed by atoms with Crippen LogP contribution in [0.1, 0.15) is 28.6 Å². The predicted molar refractivity (Wildman–Crippen MR) is 46.4 cm³/mol. The summed E-state index contributed by atoms with van der Waals surface area (Å²) in [7, 11) is 0. The van der Waals surface area contributed by atoms with Crippen molar-refractivity contribution in [3.63, 3.8) is 0 Å². The van der Waals surface area contributed by atoms with Gasteiger partial charge in [-0.1, -0.05) is 0 Å². The van der Waals surface area contributed by atoms with Crippen LogP contribution in [0.3, 0.4) is 0 Å². The van der Waals surface area contributed by atoms with Crippen molar-refractivity contribution in [2.45, 2.75) is 19.8 Å². The molecule has 1 aliphatic rings. The molecule has 1 aromatic heterocycles. The Morgan fingerprint density at radius 3 is 3.08 bits per heavy atom. The molecule has 0 aromatic carbocycles. The SMILES string of the molecule is Cc1nc2c(o1)CC(CN)CC2=O. The third kappa shape index (κ3) is 1.37. The third-order valence-electron chi connectivity index (χ3n) is 2.35. The maximum Gasteiger partial charge on any atom is 0.191 e. The molecule has 1 aliphatic carbocycles. The Labute approximate surface area is 76.1 Å². The Morgan fingerprint density at radius 2 is 2.38 bits per heavy atom. The lowest BCUT2D eigenvalue weighted by Crippen LogP contribution is -2.25. The van der Waals surface area contributed by atoms with E-state index in [1.807, 2.05) is 0 Å². The third-order valence-corrected chi connectivity index (χ3v) is 2.35. The molecule has 2 N–H and O–H groups in total. The van der Waals surface area contributed by atoms with Crippen LogP contribution in [-0.4, -0.2) is 17.3 Å². The highest BCUT2D eigenvalue weighted by Crippen LogP contribution is 2.25. The van der Waals surface area contributed by atoms with E-state index in [4.69, 9.17) is 10.2 Å². The summed E-state index contributed by atoms with van der Waals surface area (Å²) in [5, 5.41) is 0. The fourth-order valence-corrected chi connectivity index (χ4v) is 1.69. The van der Waals surface area contributed by atoms with Crippen LogP contribution >= 0.6 is 0 Å². The number of ketones is 1. The zero-order chi connectivity index (χ0) is 9.42. The number of aromatic nitrogens is 1. The van der Waals surface area contributed by atoms with Crippen LogP contribution in [0, 0.1) is 12.8 Å². The smallest absolute Gasteiger partial charge is 0.191 e. The van der Waals surface area contributed by atoms with Gasteiger partial charge in [-0.2, -0.15) is 0 Å². The second-order valence-corrected chi connectivity index (χ2v) is 3.44. The Balaban J connectivity index is 2.36. The minimum atomic E-state index is 0.0635. The number of hydrogen-bond donors (Lipinski definition) is 1. The van der Waals surface area contributed by atoms with E-state index in [1.165, 1.54) is 0 Å². The maximum absolute atomic E-state index is 11.5. The molecule has 0 saturated heterocycles. The van der Waals surface area contributed by atoms with Crippen molar-refractivity contribution in [2.24, 2.45) is 11.7 Å². The zero-order valence-corrected chi connectivity index (χ0v) is 7.54. The first-order valence-electron chi connectivity index (χ1n) is 4.40. The first-order chi connectivity index (χ1) is 6.20. The molecular weight excluding hydrogens is 168 g/mol. The number of fused-ring (bicyclic) bond motifs is 1. The Morgan fingerprint density at radius 1 is 1.62 bits per heavy atom. The van der Waals surface area contributed by atoms with Crippen LogP contribution in [0.25, 0.3) is 0 Å². The summed E-state index contributed by atoms with van der Waals surface area (Å²) in [6.45, 7) is 2.29. The quantitative estimate of drug-likeness (QED) is 0.690. The molecule has 13 heavy (non-hydrogen) atoms. The topological polar surface area (TPSA) is 69.1 Å². The normalized spacial score (nSPS) is 21.7. The number of Topliss-reactive ketones (excluding diaryl/α,β-unsaturated/α-hetero) is 1. The van der Waals surface area contributed by atoms with Crippen LogP contribution in [0.5, 0.6) is 0 Å². The van der Waals surface area contributed by atoms with Crippen LogP contribution < -0.4 is 5.73 Å². The summed E-state index contributed by atoms with van der Waals surface area (Å²) in [5.41, 5.74) is 6.03. The molecule has 1 heterocycles. The molecule has 2 rings (SSSR count). The minimum Gasteiger partial charge on any atom is -0.445 e. The van der Waals surface area contributed by atoms with Gasteiger partial charge in [0.05, 0.1) is 0 Å². The Hall–Kier alpha value is -1.16. The second-order valence-electron chi connectivity index (χ2n) is 3.44. The monoisotopic (exact) mass is 180 g/mol. The summed E-state index contributed by atoms with van der Waals surface area (Å²) < 4.78 is 5.32. The van der Waals surface area contributed by atoms with Gasteiger partial charge in [-0.05, 0) is 12.5 Å². The number of oxazole rings is 1. The van der Waals surface area contributed by atoms with Crippen molar-refractivity contribution >= 4 is 5.78 Å². The number of rotatable bonds is 1. The van der Waals surface area contributed by atoms with E-state index in [2.05, 4.69) is 4.98 Å². The fraction of sp³-hybridized carbons (Fsp3) is 0.556. The van der Waals surface area contributed by atoms with Gasteiger partial charge in [0, 0.05) is 19.8 Å².